The zero-order chi connectivity index (χ0) is 37.7. The molecule has 2 unspecified atom stereocenters. The number of aromatic nitrogens is 3. The monoisotopic (exact) mass is 732 g/mol. The summed E-state index contributed by atoms with van der Waals surface area (Å²) in [5.41, 5.74) is 9.72. The standard InChI is InChI=1S/C51H36N6/c1-3-13-36(14-4-1)48-54-49(37-15-5-2-6-16-37)56-50(55-48)38-24-22-33(23-25-38)34-26-28-39(29-27-34)57-47-45-32-52-31-30-42(45)41-19-9-10-20-43(41)46(47)53-51(57)44-21-11-17-35-12-7-8-18-40(35)44/h1-32,48-49,54H,(H,55,56). The Balaban J connectivity index is 1.00. The highest BCUT2D eigenvalue weighted by Gasteiger charge is 2.26. The number of nitrogens with one attached hydrogen (secondary N) is 2. The van der Waals surface area contributed by atoms with Gasteiger partial charge in [0, 0.05) is 40.0 Å². The van der Waals surface area contributed by atoms with Crippen LogP contribution < -0.4 is 10.6 Å². The fraction of sp³-hybridized carbons (Fsp3) is 0.0392. The largest absolute Gasteiger partial charge is 0.350 e. The van der Waals surface area contributed by atoms with E-state index in [0.717, 1.165) is 83.3 Å². The van der Waals surface area contributed by atoms with Crippen LogP contribution in [0.2, 0.25) is 0 Å². The van der Waals surface area contributed by atoms with Gasteiger partial charge in [-0.05, 0) is 62.0 Å². The molecule has 57 heavy (non-hydrogen) atoms. The van der Waals surface area contributed by atoms with Crippen LogP contribution in [0.25, 0.3) is 71.6 Å². The molecule has 11 rings (SSSR count). The maximum atomic E-state index is 5.49. The molecule has 0 saturated heterocycles. The van der Waals surface area contributed by atoms with Crippen LogP contribution in [0.5, 0.6) is 0 Å². The molecule has 0 saturated carbocycles. The van der Waals surface area contributed by atoms with Crippen LogP contribution in [-0.2, 0) is 0 Å². The van der Waals surface area contributed by atoms with Gasteiger partial charge in [-0.25, -0.2) is 9.98 Å². The lowest BCUT2D eigenvalue weighted by atomic mass is 10.0. The van der Waals surface area contributed by atoms with Crippen molar-refractivity contribution in [1.82, 2.24) is 25.2 Å². The normalized spacial score (nSPS) is 15.5. The number of hydrogen-bond donors (Lipinski definition) is 2. The molecular formula is C51H36N6. The van der Waals surface area contributed by atoms with Crippen LogP contribution in [0.4, 0.5) is 0 Å². The summed E-state index contributed by atoms with van der Waals surface area (Å²) in [7, 11) is 0. The second kappa shape index (κ2) is 13.7. The number of rotatable bonds is 6. The summed E-state index contributed by atoms with van der Waals surface area (Å²) in [5.74, 6) is 1.76. The Hall–Kier alpha value is -7.41. The number of imidazole rings is 1. The SMILES string of the molecule is c1ccc(C2N=C(c3ccc(-c4ccc(-n5c(-c6cccc7ccccc67)nc6c7ccccc7c7ccncc7c65)cc4)cc3)NC(c3ccccc3)N2)cc1. The summed E-state index contributed by atoms with van der Waals surface area (Å²) >= 11 is 0. The Morgan fingerprint density at radius 3 is 1.88 bits per heavy atom. The van der Waals surface area contributed by atoms with Crippen molar-refractivity contribution in [3.63, 3.8) is 0 Å². The van der Waals surface area contributed by atoms with Gasteiger partial charge in [-0.1, -0.05) is 164 Å². The molecule has 3 heterocycles. The van der Waals surface area contributed by atoms with Crippen LogP contribution in [0.15, 0.2) is 199 Å². The van der Waals surface area contributed by atoms with Crippen LogP contribution >= 0.6 is 0 Å². The lowest BCUT2D eigenvalue weighted by Crippen LogP contribution is -2.44. The van der Waals surface area contributed by atoms with E-state index in [1.807, 2.05) is 24.5 Å². The maximum absolute atomic E-state index is 5.49. The summed E-state index contributed by atoms with van der Waals surface area (Å²) in [6.45, 7) is 0. The summed E-state index contributed by atoms with van der Waals surface area (Å²) in [5, 5.41) is 14.2. The van der Waals surface area contributed by atoms with Gasteiger partial charge in [-0.3, -0.25) is 14.9 Å². The molecule has 6 nitrogen and oxygen atoms in total. The number of fused-ring (bicyclic) bond motifs is 7. The number of amidine groups is 1. The van der Waals surface area contributed by atoms with E-state index in [2.05, 4.69) is 190 Å². The van der Waals surface area contributed by atoms with Crippen molar-refractivity contribution in [1.29, 1.82) is 0 Å². The van der Waals surface area contributed by atoms with E-state index in [1.165, 1.54) is 10.8 Å². The van der Waals surface area contributed by atoms with Gasteiger partial charge in [-0.2, -0.15) is 0 Å². The molecule has 2 N–H and O–H groups in total. The van der Waals surface area contributed by atoms with E-state index in [4.69, 9.17) is 9.98 Å². The molecule has 10 aromatic rings. The lowest BCUT2D eigenvalue weighted by Gasteiger charge is -2.32. The fourth-order valence-corrected chi connectivity index (χ4v) is 8.40. The van der Waals surface area contributed by atoms with Gasteiger partial charge in [0.1, 0.15) is 24.0 Å². The highest BCUT2D eigenvalue weighted by Crippen LogP contribution is 2.40. The minimum atomic E-state index is -0.177. The zero-order valence-electron chi connectivity index (χ0n) is 30.9. The molecule has 8 aromatic carbocycles. The summed E-state index contributed by atoms with van der Waals surface area (Å²) in [6, 6.07) is 64.1. The minimum absolute atomic E-state index is 0.0833. The fourth-order valence-electron chi connectivity index (χ4n) is 8.40. The number of nitrogens with zero attached hydrogens (tertiary/aromatic N) is 4. The van der Waals surface area contributed by atoms with E-state index in [1.54, 1.807) is 0 Å². The molecular weight excluding hydrogens is 697 g/mol. The maximum Gasteiger partial charge on any atom is 0.146 e. The number of pyridine rings is 1. The third-order valence-electron chi connectivity index (χ3n) is 11.2. The molecule has 2 atom stereocenters. The smallest absolute Gasteiger partial charge is 0.146 e. The molecule has 1 aliphatic rings. The van der Waals surface area contributed by atoms with Gasteiger partial charge in [0.2, 0.25) is 0 Å². The molecule has 0 radical (unpaired) electrons. The molecule has 270 valence electrons. The quantitative estimate of drug-likeness (QED) is 0.167. The first-order chi connectivity index (χ1) is 28.3. The molecule has 1 aliphatic heterocycles. The molecule has 0 fully saturated rings. The van der Waals surface area contributed by atoms with E-state index < -0.39 is 0 Å². The summed E-state index contributed by atoms with van der Waals surface area (Å²) in [4.78, 5) is 15.2. The molecule has 0 amide bonds. The summed E-state index contributed by atoms with van der Waals surface area (Å²) in [6.07, 6.45) is 3.60. The van der Waals surface area contributed by atoms with Gasteiger partial charge in [0.15, 0.2) is 0 Å². The average molecular weight is 733 g/mol. The second-order valence-corrected chi connectivity index (χ2v) is 14.5. The first-order valence-electron chi connectivity index (χ1n) is 19.3. The van der Waals surface area contributed by atoms with Crippen LogP contribution in [0, 0.1) is 0 Å². The van der Waals surface area contributed by atoms with Crippen molar-refractivity contribution in [3.8, 4) is 28.2 Å². The first-order valence-corrected chi connectivity index (χ1v) is 19.3. The highest BCUT2D eigenvalue weighted by atomic mass is 15.3. The average Bonchev–Trinajstić information content (AvgIpc) is 3.70. The van der Waals surface area contributed by atoms with Gasteiger partial charge in [0.25, 0.3) is 0 Å². The van der Waals surface area contributed by atoms with Crippen molar-refractivity contribution in [2.24, 2.45) is 4.99 Å². The third-order valence-corrected chi connectivity index (χ3v) is 11.2. The Labute approximate surface area is 329 Å². The van der Waals surface area contributed by atoms with Crippen molar-refractivity contribution in [2.75, 3.05) is 0 Å². The Bertz CT molecular complexity index is 3110. The van der Waals surface area contributed by atoms with Crippen LogP contribution in [-0.4, -0.2) is 20.4 Å². The van der Waals surface area contributed by atoms with Gasteiger partial charge >= 0.3 is 0 Å². The van der Waals surface area contributed by atoms with Crippen molar-refractivity contribution >= 4 is 49.2 Å². The van der Waals surface area contributed by atoms with E-state index in [0.29, 0.717) is 0 Å². The van der Waals surface area contributed by atoms with Gasteiger partial charge < -0.3 is 5.32 Å². The van der Waals surface area contributed by atoms with Gasteiger partial charge in [0.05, 0.1) is 11.0 Å². The van der Waals surface area contributed by atoms with Gasteiger partial charge in [-0.15, -0.1) is 0 Å². The van der Waals surface area contributed by atoms with E-state index >= 15 is 0 Å². The molecule has 0 aliphatic carbocycles. The molecule has 6 heteroatoms. The predicted molar refractivity (Wildman–Crippen MR) is 233 cm³/mol. The van der Waals surface area contributed by atoms with Crippen molar-refractivity contribution < 1.29 is 0 Å². The van der Waals surface area contributed by atoms with Crippen molar-refractivity contribution in [3.05, 3.63) is 211 Å². The Morgan fingerprint density at radius 1 is 0.491 bits per heavy atom. The minimum Gasteiger partial charge on any atom is -0.350 e. The molecule has 0 spiro atoms. The Morgan fingerprint density at radius 2 is 1.11 bits per heavy atom. The number of benzene rings is 8. The first kappa shape index (κ1) is 33.0. The van der Waals surface area contributed by atoms with E-state index in [9.17, 15) is 0 Å². The topological polar surface area (TPSA) is 67.1 Å². The van der Waals surface area contributed by atoms with Crippen molar-refractivity contribution in [2.45, 2.75) is 12.3 Å². The van der Waals surface area contributed by atoms with Crippen LogP contribution in [0.3, 0.4) is 0 Å². The van der Waals surface area contributed by atoms with E-state index in [-0.39, 0.29) is 12.3 Å². The van der Waals surface area contributed by atoms with Crippen LogP contribution in [0.1, 0.15) is 29.0 Å². The number of aliphatic imine (C=N–C) groups is 1. The highest BCUT2D eigenvalue weighted by molar-refractivity contribution is 6.24. The molecule has 0 bridgehead atoms. The Kier molecular flexibility index (Phi) is 7.93. The zero-order valence-corrected chi connectivity index (χ0v) is 30.9. The summed E-state index contributed by atoms with van der Waals surface area (Å²) < 4.78 is 2.33. The lowest BCUT2D eigenvalue weighted by molar-refractivity contribution is 0.409. The third kappa shape index (κ3) is 5.74. The molecule has 2 aromatic heterocycles. The second-order valence-electron chi connectivity index (χ2n) is 14.5. The predicted octanol–water partition coefficient (Wildman–Crippen LogP) is 11.6. The number of hydrogen-bond acceptors (Lipinski definition) is 5.